The lowest BCUT2D eigenvalue weighted by molar-refractivity contribution is 0.908. The van der Waals surface area contributed by atoms with Crippen molar-refractivity contribution in [1.82, 2.24) is 9.97 Å². The molecule has 4 nitrogen and oxygen atoms in total. The van der Waals surface area contributed by atoms with Crippen molar-refractivity contribution in [3.63, 3.8) is 0 Å². The van der Waals surface area contributed by atoms with Gasteiger partial charge in [0.2, 0.25) is 0 Å². The maximum atomic E-state index is 5.92. The summed E-state index contributed by atoms with van der Waals surface area (Å²) < 4.78 is 0. The number of hydrogen-bond acceptors (Lipinski definition) is 4. The van der Waals surface area contributed by atoms with E-state index < -0.39 is 0 Å². The van der Waals surface area contributed by atoms with Gasteiger partial charge in [-0.15, -0.1) is 0 Å². The van der Waals surface area contributed by atoms with Crippen LogP contribution in [0, 0.1) is 0 Å². The third kappa shape index (κ3) is 3.22. The molecule has 0 bridgehead atoms. The van der Waals surface area contributed by atoms with Gasteiger partial charge in [-0.1, -0.05) is 32.4 Å². The van der Waals surface area contributed by atoms with Crippen molar-refractivity contribution >= 4 is 17.3 Å². The molecule has 100 valence electrons. The third-order valence-corrected chi connectivity index (χ3v) is 3.10. The molecule has 0 aliphatic rings. The van der Waals surface area contributed by atoms with E-state index in [0.717, 1.165) is 36.3 Å². The van der Waals surface area contributed by atoms with Gasteiger partial charge in [-0.2, -0.15) is 0 Å². The molecule has 1 heterocycles. The van der Waals surface area contributed by atoms with Crippen molar-refractivity contribution in [1.29, 1.82) is 0 Å². The topological polar surface area (TPSA) is 63.8 Å². The van der Waals surface area contributed by atoms with Gasteiger partial charge in [-0.3, -0.25) is 0 Å². The minimum atomic E-state index is 0.560. The molecule has 1 aromatic carbocycles. The summed E-state index contributed by atoms with van der Waals surface area (Å²) >= 11 is 0. The Morgan fingerprint density at radius 2 is 1.84 bits per heavy atom. The molecule has 19 heavy (non-hydrogen) atoms. The second-order valence-corrected chi connectivity index (χ2v) is 4.51. The van der Waals surface area contributed by atoms with Gasteiger partial charge >= 0.3 is 0 Å². The molecule has 0 aliphatic heterocycles. The highest BCUT2D eigenvalue weighted by Crippen LogP contribution is 2.23. The van der Waals surface area contributed by atoms with Crippen LogP contribution in [-0.4, -0.2) is 9.97 Å². The van der Waals surface area contributed by atoms with Crippen LogP contribution >= 0.6 is 0 Å². The molecule has 2 aromatic rings. The summed E-state index contributed by atoms with van der Waals surface area (Å²) in [6.07, 6.45) is 4.43. The van der Waals surface area contributed by atoms with Crippen LogP contribution in [0.3, 0.4) is 0 Å². The van der Waals surface area contributed by atoms with E-state index in [1.807, 2.05) is 0 Å². The van der Waals surface area contributed by atoms with Gasteiger partial charge in [-0.05, 0) is 30.5 Å². The number of hydrogen-bond donors (Lipinski definition) is 2. The highest BCUT2D eigenvalue weighted by atomic mass is 15.0. The van der Waals surface area contributed by atoms with Crippen LogP contribution in [0.25, 0.3) is 0 Å². The molecule has 0 spiro atoms. The molecule has 2 rings (SSSR count). The van der Waals surface area contributed by atoms with Crippen LogP contribution in [-0.2, 0) is 12.8 Å². The van der Waals surface area contributed by atoms with Crippen LogP contribution in [0.1, 0.15) is 31.4 Å². The number of nitrogens with two attached hydrogens (primary N) is 1. The molecule has 0 aliphatic carbocycles. The quantitative estimate of drug-likeness (QED) is 0.861. The molecule has 0 amide bonds. The molecular formula is C15H20N4. The van der Waals surface area contributed by atoms with E-state index in [2.05, 4.69) is 53.4 Å². The Kier molecular flexibility index (Phi) is 4.34. The standard InChI is InChI=1S/C15H20N4/c1-3-5-13-14(16)17-10-18-15(13)19-12-8-6-11(4-2)7-9-12/h6-10H,3-5H2,1-2H3,(H3,16,17,18,19). The zero-order valence-corrected chi connectivity index (χ0v) is 11.5. The first kappa shape index (κ1) is 13.3. The first-order chi connectivity index (χ1) is 9.24. The Morgan fingerprint density at radius 3 is 2.47 bits per heavy atom. The second kappa shape index (κ2) is 6.18. The second-order valence-electron chi connectivity index (χ2n) is 4.51. The minimum Gasteiger partial charge on any atom is -0.383 e. The summed E-state index contributed by atoms with van der Waals surface area (Å²) in [4.78, 5) is 8.35. The van der Waals surface area contributed by atoms with E-state index in [9.17, 15) is 0 Å². The number of nitrogens with zero attached hydrogens (tertiary/aromatic N) is 2. The number of rotatable bonds is 5. The van der Waals surface area contributed by atoms with Crippen LogP contribution in [0.4, 0.5) is 17.3 Å². The fourth-order valence-electron chi connectivity index (χ4n) is 1.99. The molecule has 0 saturated heterocycles. The first-order valence-electron chi connectivity index (χ1n) is 6.69. The SMILES string of the molecule is CCCc1c(N)ncnc1Nc1ccc(CC)cc1. The summed E-state index contributed by atoms with van der Waals surface area (Å²) in [7, 11) is 0. The molecule has 0 saturated carbocycles. The summed E-state index contributed by atoms with van der Waals surface area (Å²) in [5.74, 6) is 1.36. The van der Waals surface area contributed by atoms with Gasteiger partial charge in [0.15, 0.2) is 0 Å². The fraction of sp³-hybridized carbons (Fsp3) is 0.333. The summed E-state index contributed by atoms with van der Waals surface area (Å²) in [6, 6.07) is 8.36. The number of anilines is 3. The van der Waals surface area contributed by atoms with E-state index in [4.69, 9.17) is 5.73 Å². The third-order valence-electron chi connectivity index (χ3n) is 3.10. The van der Waals surface area contributed by atoms with Crippen molar-refractivity contribution in [2.24, 2.45) is 0 Å². The van der Waals surface area contributed by atoms with E-state index >= 15 is 0 Å². The van der Waals surface area contributed by atoms with Crippen molar-refractivity contribution < 1.29 is 0 Å². The van der Waals surface area contributed by atoms with Gasteiger partial charge in [0.1, 0.15) is 18.0 Å². The molecule has 0 atom stereocenters. The van der Waals surface area contributed by atoms with E-state index in [-0.39, 0.29) is 0 Å². The highest BCUT2D eigenvalue weighted by molar-refractivity contribution is 5.63. The summed E-state index contributed by atoms with van der Waals surface area (Å²) in [5.41, 5.74) is 9.25. The van der Waals surface area contributed by atoms with Crippen molar-refractivity contribution in [3.05, 3.63) is 41.7 Å². The molecule has 0 unspecified atom stereocenters. The normalized spacial score (nSPS) is 10.4. The van der Waals surface area contributed by atoms with E-state index in [1.54, 1.807) is 0 Å². The minimum absolute atomic E-state index is 0.560. The van der Waals surface area contributed by atoms with Crippen LogP contribution in [0.2, 0.25) is 0 Å². The summed E-state index contributed by atoms with van der Waals surface area (Å²) in [6.45, 7) is 4.26. The van der Waals surface area contributed by atoms with Crippen LogP contribution in [0.15, 0.2) is 30.6 Å². The number of nitrogen functional groups attached to an aromatic ring is 1. The van der Waals surface area contributed by atoms with Gasteiger partial charge in [-0.25, -0.2) is 9.97 Å². The maximum Gasteiger partial charge on any atom is 0.139 e. The molecule has 1 aromatic heterocycles. The van der Waals surface area contributed by atoms with Gasteiger partial charge < -0.3 is 11.1 Å². The van der Waals surface area contributed by atoms with Gasteiger partial charge in [0.25, 0.3) is 0 Å². The average molecular weight is 256 g/mol. The highest BCUT2D eigenvalue weighted by Gasteiger charge is 2.08. The van der Waals surface area contributed by atoms with Crippen molar-refractivity contribution in [2.75, 3.05) is 11.1 Å². The zero-order chi connectivity index (χ0) is 13.7. The maximum absolute atomic E-state index is 5.92. The smallest absolute Gasteiger partial charge is 0.139 e. The Labute approximate surface area is 114 Å². The Morgan fingerprint density at radius 1 is 1.11 bits per heavy atom. The lowest BCUT2D eigenvalue weighted by Crippen LogP contribution is -2.05. The predicted octanol–water partition coefficient (Wildman–Crippen LogP) is 3.32. The number of benzene rings is 1. The summed E-state index contributed by atoms with van der Waals surface area (Å²) in [5, 5.41) is 3.32. The van der Waals surface area contributed by atoms with E-state index in [1.165, 1.54) is 11.9 Å². The molecule has 0 radical (unpaired) electrons. The lowest BCUT2D eigenvalue weighted by Gasteiger charge is -2.12. The fourth-order valence-corrected chi connectivity index (χ4v) is 1.99. The predicted molar refractivity (Wildman–Crippen MR) is 79.5 cm³/mol. The molecular weight excluding hydrogens is 236 g/mol. The van der Waals surface area contributed by atoms with Crippen LogP contribution in [0.5, 0.6) is 0 Å². The van der Waals surface area contributed by atoms with Crippen molar-refractivity contribution in [2.45, 2.75) is 33.1 Å². The largest absolute Gasteiger partial charge is 0.383 e. The van der Waals surface area contributed by atoms with Crippen molar-refractivity contribution in [3.8, 4) is 0 Å². The molecule has 0 fully saturated rings. The Hall–Kier alpha value is -2.10. The van der Waals surface area contributed by atoms with Gasteiger partial charge in [0.05, 0.1) is 0 Å². The Bertz CT molecular complexity index is 534. The van der Waals surface area contributed by atoms with Crippen LogP contribution < -0.4 is 11.1 Å². The van der Waals surface area contributed by atoms with Gasteiger partial charge in [0, 0.05) is 11.3 Å². The molecule has 3 N–H and O–H groups in total. The number of aryl methyl sites for hydroxylation is 1. The average Bonchev–Trinajstić information content (AvgIpc) is 2.43. The lowest BCUT2D eigenvalue weighted by atomic mass is 10.1. The monoisotopic (exact) mass is 256 g/mol. The molecule has 4 heteroatoms. The number of aromatic nitrogens is 2. The zero-order valence-electron chi connectivity index (χ0n) is 11.5. The number of nitrogens with one attached hydrogen (secondary N) is 1. The first-order valence-corrected chi connectivity index (χ1v) is 6.69. The Balaban J connectivity index is 2.24. The van der Waals surface area contributed by atoms with E-state index in [0.29, 0.717) is 5.82 Å².